The summed E-state index contributed by atoms with van der Waals surface area (Å²) < 4.78 is 28.8. The van der Waals surface area contributed by atoms with Crippen molar-refractivity contribution in [2.45, 2.75) is 19.8 Å². The molecule has 6 nitrogen and oxygen atoms in total. The normalized spacial score (nSPS) is 18.2. The monoisotopic (exact) mass is 440 g/mol. The number of nitrogens with one attached hydrogen (secondary N) is 1. The number of aromatic hydroxyl groups is 1. The molecule has 3 aromatic rings. The molecule has 2 aromatic carbocycles. The number of phenols is 1. The first-order valence-electron chi connectivity index (χ1n) is 10.3. The maximum atomic E-state index is 14.8. The van der Waals surface area contributed by atoms with Crippen molar-refractivity contribution >= 4 is 12.1 Å². The molecule has 2 N–H and O–H groups in total. The van der Waals surface area contributed by atoms with Gasteiger partial charge in [0.2, 0.25) is 6.41 Å². The highest BCUT2D eigenvalue weighted by atomic mass is 19.1. The Labute approximate surface area is 184 Å². The number of hydroxylamine groups is 2. The quantitative estimate of drug-likeness (QED) is 0.314. The van der Waals surface area contributed by atoms with Crippen molar-refractivity contribution in [1.82, 2.24) is 14.9 Å². The molecule has 8 heteroatoms. The molecular formula is C24H24F2N3O3+. The van der Waals surface area contributed by atoms with E-state index in [9.17, 15) is 18.7 Å². The van der Waals surface area contributed by atoms with Gasteiger partial charge in [-0.05, 0) is 25.5 Å². The van der Waals surface area contributed by atoms with E-state index < -0.39 is 17.4 Å². The van der Waals surface area contributed by atoms with Crippen LogP contribution in [0.4, 0.5) is 14.5 Å². The second kappa shape index (κ2) is 8.64. The molecule has 2 heterocycles. The molecule has 0 spiro atoms. The van der Waals surface area contributed by atoms with Gasteiger partial charge >= 0.3 is 0 Å². The van der Waals surface area contributed by atoms with Gasteiger partial charge in [0.15, 0.2) is 17.3 Å². The topological polar surface area (TPSA) is 74.8 Å². The third kappa shape index (κ3) is 3.94. The molecule has 0 bridgehead atoms. The van der Waals surface area contributed by atoms with E-state index in [1.165, 1.54) is 0 Å². The van der Waals surface area contributed by atoms with Gasteiger partial charge in [0.1, 0.15) is 12.4 Å². The zero-order valence-corrected chi connectivity index (χ0v) is 17.8. The Morgan fingerprint density at radius 2 is 1.94 bits per heavy atom. The molecule has 1 aliphatic rings. The van der Waals surface area contributed by atoms with Crippen LogP contribution in [0.15, 0.2) is 48.5 Å². The number of carbonyl (C=O) groups excluding carboxylic acids is 1. The molecule has 32 heavy (non-hydrogen) atoms. The molecular weight excluding hydrogens is 416 g/mol. The number of halogens is 2. The molecule has 0 aliphatic carbocycles. The summed E-state index contributed by atoms with van der Waals surface area (Å²) in [6.45, 7) is 5.20. The van der Waals surface area contributed by atoms with E-state index in [2.05, 4.69) is 5.32 Å². The number of rotatable bonds is 8. The van der Waals surface area contributed by atoms with E-state index in [0.717, 1.165) is 17.3 Å². The molecule has 1 aliphatic heterocycles. The van der Waals surface area contributed by atoms with Crippen LogP contribution in [-0.4, -0.2) is 36.3 Å². The summed E-state index contributed by atoms with van der Waals surface area (Å²) in [6.07, 6.45) is 0.622. The van der Waals surface area contributed by atoms with Crippen LogP contribution >= 0.6 is 0 Å². The van der Waals surface area contributed by atoms with Crippen LogP contribution in [0.1, 0.15) is 29.7 Å². The number of carbonyl (C=O) groups is 1. The minimum absolute atomic E-state index is 0.00392. The number of nitrogens with zero attached hydrogens (tertiary/aromatic N) is 2. The SMILES string of the molecule is CC[N+]1(c2cc(C(CNC=O)c3ccccc3)nc(-c3cc(O)c(F)cc3F)c2C)CO1. The molecule has 1 saturated heterocycles. The van der Waals surface area contributed by atoms with Gasteiger partial charge in [0, 0.05) is 35.7 Å². The van der Waals surface area contributed by atoms with Crippen LogP contribution in [0.25, 0.3) is 11.3 Å². The van der Waals surface area contributed by atoms with Crippen LogP contribution in [0, 0.1) is 18.6 Å². The summed E-state index contributed by atoms with van der Waals surface area (Å²) in [5.41, 5.74) is 3.29. The molecule has 1 fully saturated rings. The van der Waals surface area contributed by atoms with E-state index in [0.29, 0.717) is 42.7 Å². The molecule has 4 rings (SSSR count). The van der Waals surface area contributed by atoms with Crippen LogP contribution in [-0.2, 0) is 9.63 Å². The molecule has 166 valence electrons. The molecule has 0 radical (unpaired) electrons. The lowest BCUT2D eigenvalue weighted by Crippen LogP contribution is -2.27. The Balaban J connectivity index is 1.95. The van der Waals surface area contributed by atoms with Gasteiger partial charge < -0.3 is 10.4 Å². The van der Waals surface area contributed by atoms with Gasteiger partial charge in [-0.15, -0.1) is 9.48 Å². The highest BCUT2D eigenvalue weighted by Gasteiger charge is 2.49. The first-order valence-corrected chi connectivity index (χ1v) is 10.3. The van der Waals surface area contributed by atoms with Gasteiger partial charge in [0.05, 0.1) is 11.4 Å². The van der Waals surface area contributed by atoms with Crippen molar-refractivity contribution in [2.75, 3.05) is 19.8 Å². The Hall–Kier alpha value is -3.36. The smallest absolute Gasteiger partial charge is 0.270 e. The molecule has 1 aromatic heterocycles. The minimum atomic E-state index is -1.04. The fourth-order valence-corrected chi connectivity index (χ4v) is 4.00. The fourth-order valence-electron chi connectivity index (χ4n) is 4.00. The first-order chi connectivity index (χ1) is 15.4. The fraction of sp³-hybridized carbons (Fsp3) is 0.250. The zero-order valence-electron chi connectivity index (χ0n) is 17.8. The highest BCUT2D eigenvalue weighted by Crippen LogP contribution is 2.42. The van der Waals surface area contributed by atoms with E-state index in [4.69, 9.17) is 9.82 Å². The summed E-state index contributed by atoms with van der Waals surface area (Å²) in [6, 6.07) is 13.2. The van der Waals surface area contributed by atoms with Crippen molar-refractivity contribution in [3.05, 3.63) is 77.0 Å². The lowest BCUT2D eigenvalue weighted by molar-refractivity contribution is -0.109. The van der Waals surface area contributed by atoms with Crippen molar-refractivity contribution in [3.63, 3.8) is 0 Å². The van der Waals surface area contributed by atoms with E-state index >= 15 is 0 Å². The number of quaternary nitrogens is 1. The van der Waals surface area contributed by atoms with Crippen molar-refractivity contribution < 1.29 is 23.5 Å². The third-order valence-electron chi connectivity index (χ3n) is 5.91. The molecule has 2 atom stereocenters. The summed E-state index contributed by atoms with van der Waals surface area (Å²) in [5, 5.41) is 12.6. The average Bonchev–Trinajstić information content (AvgIpc) is 3.59. The highest BCUT2D eigenvalue weighted by molar-refractivity contribution is 5.72. The maximum absolute atomic E-state index is 14.8. The van der Waals surface area contributed by atoms with Gasteiger partial charge in [-0.25, -0.2) is 8.78 Å². The Kier molecular flexibility index (Phi) is 5.90. The number of amides is 1. The Morgan fingerprint density at radius 1 is 1.22 bits per heavy atom. The number of aromatic nitrogens is 1. The summed E-state index contributed by atoms with van der Waals surface area (Å²) in [7, 11) is 0. The van der Waals surface area contributed by atoms with Crippen molar-refractivity contribution in [3.8, 4) is 17.0 Å². The molecule has 0 saturated carbocycles. The van der Waals surface area contributed by atoms with E-state index in [-0.39, 0.29) is 22.7 Å². The van der Waals surface area contributed by atoms with Crippen LogP contribution in [0.3, 0.4) is 0 Å². The Bertz CT molecular complexity index is 1150. The summed E-state index contributed by atoms with van der Waals surface area (Å²) in [5.74, 6) is -2.83. The van der Waals surface area contributed by atoms with Crippen LogP contribution in [0.5, 0.6) is 5.75 Å². The van der Waals surface area contributed by atoms with Crippen LogP contribution < -0.4 is 9.96 Å². The van der Waals surface area contributed by atoms with Gasteiger partial charge in [0.25, 0.3) is 6.73 Å². The van der Waals surface area contributed by atoms with Crippen molar-refractivity contribution in [1.29, 1.82) is 0 Å². The molecule has 2 unspecified atom stereocenters. The van der Waals surface area contributed by atoms with Gasteiger partial charge in [-0.3, -0.25) is 9.78 Å². The summed E-state index contributed by atoms with van der Waals surface area (Å²) >= 11 is 0. The number of pyridine rings is 1. The predicted octanol–water partition coefficient (Wildman–Crippen LogP) is 4.15. The minimum Gasteiger partial charge on any atom is -0.505 e. The lowest BCUT2D eigenvalue weighted by Gasteiger charge is -2.21. The number of phenolic OH excluding ortho intramolecular Hbond substituents is 1. The second-order valence-corrected chi connectivity index (χ2v) is 7.78. The van der Waals surface area contributed by atoms with Crippen molar-refractivity contribution in [2.24, 2.45) is 0 Å². The van der Waals surface area contributed by atoms with E-state index in [1.807, 2.05) is 43.3 Å². The second-order valence-electron chi connectivity index (χ2n) is 7.78. The maximum Gasteiger partial charge on any atom is 0.270 e. The summed E-state index contributed by atoms with van der Waals surface area (Å²) in [4.78, 5) is 21.5. The van der Waals surface area contributed by atoms with Gasteiger partial charge in [-0.2, -0.15) is 0 Å². The lowest BCUT2D eigenvalue weighted by atomic mass is 9.92. The largest absolute Gasteiger partial charge is 0.505 e. The number of hydrogen-bond acceptors (Lipinski definition) is 4. The number of hydrogen-bond donors (Lipinski definition) is 2. The Morgan fingerprint density at radius 3 is 2.56 bits per heavy atom. The standard InChI is InChI=1S/C24H23F2N3O3/c1-3-29(14-32-29)22-11-21(18(12-27-13-30)16-7-5-4-6-8-16)28-24(15(22)2)17-9-23(31)20(26)10-19(17)25/h4-11,13,18H,3,12,14H2,1-2H3,(H-,27,30,31)/p+1. The predicted molar refractivity (Wildman–Crippen MR) is 117 cm³/mol. The van der Waals surface area contributed by atoms with E-state index in [1.54, 1.807) is 6.92 Å². The number of benzene rings is 2. The molecule has 1 amide bonds. The van der Waals surface area contributed by atoms with Gasteiger partial charge in [-0.1, -0.05) is 30.3 Å². The average molecular weight is 440 g/mol. The third-order valence-corrected chi connectivity index (χ3v) is 5.91. The first kappa shape index (κ1) is 21.9. The zero-order chi connectivity index (χ0) is 22.9. The van der Waals surface area contributed by atoms with Crippen LogP contribution in [0.2, 0.25) is 0 Å².